The number of hydrogen-bond acceptors (Lipinski definition) is 3. The van der Waals surface area contributed by atoms with Crippen LogP contribution < -0.4 is 5.48 Å². The zero-order chi connectivity index (χ0) is 19.1. The van der Waals surface area contributed by atoms with Crippen molar-refractivity contribution in [2.24, 2.45) is 5.92 Å². The van der Waals surface area contributed by atoms with Gasteiger partial charge in [0.25, 0.3) is 5.91 Å². The van der Waals surface area contributed by atoms with Gasteiger partial charge in [0.05, 0.1) is 11.0 Å². The van der Waals surface area contributed by atoms with Crippen LogP contribution >= 0.6 is 0 Å². The summed E-state index contributed by atoms with van der Waals surface area (Å²) >= 11 is 0. The van der Waals surface area contributed by atoms with Gasteiger partial charge in [0.2, 0.25) is 0 Å². The molecule has 26 heavy (non-hydrogen) atoms. The Kier molecular flexibility index (Phi) is 6.69. The Hall–Kier alpha value is -2.92. The summed E-state index contributed by atoms with van der Waals surface area (Å²) in [6.45, 7) is 12.8. The lowest BCUT2D eigenvalue weighted by molar-refractivity contribution is -0.124. The van der Waals surface area contributed by atoms with Gasteiger partial charge in [-0.25, -0.2) is 10.5 Å². The molecule has 0 aliphatic carbocycles. The second kappa shape index (κ2) is 8.97. The van der Waals surface area contributed by atoms with E-state index in [4.69, 9.17) is 10.2 Å². The fourth-order valence-corrected chi connectivity index (χ4v) is 2.67. The minimum atomic E-state index is -0.568. The van der Waals surface area contributed by atoms with E-state index in [2.05, 4.69) is 31.6 Å². The molecular formula is C21H25N3O2. The Balaban J connectivity index is 2.42. The Morgan fingerprint density at radius 3 is 2.81 bits per heavy atom. The van der Waals surface area contributed by atoms with Crippen LogP contribution in [-0.4, -0.2) is 20.7 Å². The quantitative estimate of drug-likeness (QED) is 0.326. The molecule has 1 amide bonds. The molecular weight excluding hydrogens is 326 g/mol. The number of benzene rings is 1. The van der Waals surface area contributed by atoms with Gasteiger partial charge in [-0.3, -0.25) is 10.0 Å². The Morgan fingerprint density at radius 1 is 1.38 bits per heavy atom. The number of carbonyl (C=O) groups is 1. The molecule has 0 atom stereocenters. The first-order chi connectivity index (χ1) is 12.4. The number of imidazole rings is 1. The fraction of sp³-hybridized carbons (Fsp3) is 0.238. The third kappa shape index (κ3) is 5.04. The third-order valence-electron chi connectivity index (χ3n) is 3.81. The first-order valence-corrected chi connectivity index (χ1v) is 8.52. The number of amides is 1. The molecule has 5 nitrogen and oxygen atoms in total. The van der Waals surface area contributed by atoms with E-state index in [-0.39, 0.29) is 0 Å². The van der Waals surface area contributed by atoms with Crippen LogP contribution in [0.2, 0.25) is 0 Å². The third-order valence-corrected chi connectivity index (χ3v) is 3.81. The summed E-state index contributed by atoms with van der Waals surface area (Å²) in [4.78, 5) is 15.9. The maximum absolute atomic E-state index is 11.1. The number of nitrogens with zero attached hydrogens (tertiary/aromatic N) is 2. The van der Waals surface area contributed by atoms with E-state index >= 15 is 0 Å². The van der Waals surface area contributed by atoms with Crippen molar-refractivity contribution in [3.05, 3.63) is 72.6 Å². The highest BCUT2D eigenvalue weighted by Crippen LogP contribution is 2.22. The number of nitrogens with one attached hydrogen (secondary N) is 1. The standard InChI is InChI=1S/C21H25N3O2/c1-5-6-7-16(4)14-24-19-10-8-17(9-11-21(25)23-26)13-18(19)22-20(24)12-15(2)3/h5-11,13,15,26H,1,4,12,14H2,2-3H3,(H,23,25)/b7-6-,11-9+. The number of hydrogen-bond donors (Lipinski definition) is 2. The molecule has 0 saturated carbocycles. The summed E-state index contributed by atoms with van der Waals surface area (Å²) in [5.41, 5.74) is 5.28. The van der Waals surface area contributed by atoms with Gasteiger partial charge in [0, 0.05) is 19.0 Å². The largest absolute Gasteiger partial charge is 0.323 e. The molecule has 0 aliphatic rings. The van der Waals surface area contributed by atoms with E-state index in [1.807, 2.05) is 30.4 Å². The monoisotopic (exact) mass is 351 g/mol. The van der Waals surface area contributed by atoms with Crippen LogP contribution in [0.3, 0.4) is 0 Å². The summed E-state index contributed by atoms with van der Waals surface area (Å²) < 4.78 is 2.18. The highest BCUT2D eigenvalue weighted by molar-refractivity contribution is 5.91. The van der Waals surface area contributed by atoms with Crippen molar-refractivity contribution >= 4 is 23.0 Å². The van der Waals surface area contributed by atoms with Crippen molar-refractivity contribution in [3.8, 4) is 0 Å². The average molecular weight is 351 g/mol. The topological polar surface area (TPSA) is 67.2 Å². The van der Waals surface area contributed by atoms with E-state index in [9.17, 15) is 4.79 Å². The van der Waals surface area contributed by atoms with Gasteiger partial charge < -0.3 is 4.57 Å². The zero-order valence-corrected chi connectivity index (χ0v) is 15.3. The SMILES string of the molecule is C=C/C=C\C(=C)Cn1c(CC(C)C)nc2cc(/C=C/C(=O)NO)ccc21. The van der Waals surface area contributed by atoms with E-state index in [0.717, 1.165) is 34.4 Å². The number of rotatable bonds is 8. The van der Waals surface area contributed by atoms with Crippen LogP contribution in [0, 0.1) is 5.92 Å². The molecule has 2 rings (SSSR count). The molecule has 1 aromatic heterocycles. The molecule has 0 aliphatic heterocycles. The van der Waals surface area contributed by atoms with Crippen molar-refractivity contribution in [3.63, 3.8) is 0 Å². The second-order valence-corrected chi connectivity index (χ2v) is 6.52. The Bertz CT molecular complexity index is 873. The lowest BCUT2D eigenvalue weighted by atomic mass is 10.1. The summed E-state index contributed by atoms with van der Waals surface area (Å²) in [5.74, 6) is 0.925. The lowest BCUT2D eigenvalue weighted by Crippen LogP contribution is -2.14. The van der Waals surface area contributed by atoms with E-state index in [1.165, 1.54) is 6.08 Å². The van der Waals surface area contributed by atoms with Gasteiger partial charge in [-0.05, 0) is 35.3 Å². The number of carbonyl (C=O) groups excluding carboxylic acids is 1. The zero-order valence-electron chi connectivity index (χ0n) is 15.3. The van der Waals surface area contributed by atoms with Gasteiger partial charge in [-0.1, -0.05) is 51.3 Å². The van der Waals surface area contributed by atoms with Gasteiger partial charge in [0.1, 0.15) is 5.82 Å². The van der Waals surface area contributed by atoms with Crippen LogP contribution in [-0.2, 0) is 17.8 Å². The number of fused-ring (bicyclic) bond motifs is 1. The highest BCUT2D eigenvalue weighted by Gasteiger charge is 2.12. The first kappa shape index (κ1) is 19.4. The predicted octanol–water partition coefficient (Wildman–Crippen LogP) is 4.05. The Morgan fingerprint density at radius 2 is 2.15 bits per heavy atom. The highest BCUT2D eigenvalue weighted by atomic mass is 16.5. The molecule has 0 unspecified atom stereocenters. The lowest BCUT2D eigenvalue weighted by Gasteiger charge is -2.11. The summed E-state index contributed by atoms with van der Waals surface area (Å²) in [6, 6.07) is 5.84. The molecule has 5 heteroatoms. The van der Waals surface area contributed by atoms with Crippen molar-refractivity contribution in [2.75, 3.05) is 0 Å². The van der Waals surface area contributed by atoms with E-state index in [1.54, 1.807) is 17.6 Å². The van der Waals surface area contributed by atoms with Crippen LogP contribution in [0.4, 0.5) is 0 Å². The summed E-state index contributed by atoms with van der Waals surface area (Å²) in [7, 11) is 0. The number of allylic oxidation sites excluding steroid dienone is 4. The minimum absolute atomic E-state index is 0.482. The molecule has 136 valence electrons. The van der Waals surface area contributed by atoms with Crippen molar-refractivity contribution in [1.82, 2.24) is 15.0 Å². The maximum Gasteiger partial charge on any atom is 0.267 e. The summed E-state index contributed by atoms with van der Waals surface area (Å²) in [5, 5.41) is 8.57. The van der Waals surface area contributed by atoms with Crippen LogP contribution in [0.5, 0.6) is 0 Å². The fourth-order valence-electron chi connectivity index (χ4n) is 2.67. The maximum atomic E-state index is 11.1. The predicted molar refractivity (Wildman–Crippen MR) is 106 cm³/mol. The van der Waals surface area contributed by atoms with Crippen LogP contribution in [0.15, 0.2) is 61.2 Å². The normalized spacial score (nSPS) is 11.7. The van der Waals surface area contributed by atoms with Crippen molar-refractivity contribution in [1.29, 1.82) is 0 Å². The molecule has 0 spiro atoms. The van der Waals surface area contributed by atoms with Crippen molar-refractivity contribution < 1.29 is 10.0 Å². The van der Waals surface area contributed by atoms with E-state index < -0.39 is 5.91 Å². The molecule has 0 bridgehead atoms. The smallest absolute Gasteiger partial charge is 0.267 e. The van der Waals surface area contributed by atoms with Gasteiger partial charge in [-0.15, -0.1) is 0 Å². The molecule has 2 aromatic rings. The van der Waals surface area contributed by atoms with Crippen LogP contribution in [0.1, 0.15) is 25.2 Å². The molecule has 0 fully saturated rings. The molecule has 0 radical (unpaired) electrons. The van der Waals surface area contributed by atoms with Gasteiger partial charge >= 0.3 is 0 Å². The first-order valence-electron chi connectivity index (χ1n) is 8.52. The van der Waals surface area contributed by atoms with Crippen LogP contribution in [0.25, 0.3) is 17.1 Å². The second-order valence-electron chi connectivity index (χ2n) is 6.52. The minimum Gasteiger partial charge on any atom is -0.323 e. The Labute approximate surface area is 154 Å². The van der Waals surface area contributed by atoms with Gasteiger partial charge in [0.15, 0.2) is 0 Å². The molecule has 2 N–H and O–H groups in total. The van der Waals surface area contributed by atoms with Gasteiger partial charge in [-0.2, -0.15) is 0 Å². The average Bonchev–Trinajstić information content (AvgIpc) is 2.93. The molecule has 1 heterocycles. The van der Waals surface area contributed by atoms with E-state index in [0.29, 0.717) is 12.5 Å². The molecule has 0 saturated heterocycles. The number of hydroxylamine groups is 1. The van der Waals surface area contributed by atoms with Crippen molar-refractivity contribution in [2.45, 2.75) is 26.8 Å². The number of aromatic nitrogens is 2. The summed E-state index contributed by atoms with van der Waals surface area (Å²) in [6.07, 6.45) is 9.33. The molecule has 1 aromatic carbocycles.